The van der Waals surface area contributed by atoms with Gasteiger partial charge in [-0.2, -0.15) is 0 Å². The van der Waals surface area contributed by atoms with Gasteiger partial charge in [-0.3, -0.25) is 0 Å². The van der Waals surface area contributed by atoms with Crippen molar-refractivity contribution >= 4 is 0 Å². The number of benzene rings is 1. The molecular weight excluding hydrogens is 290 g/mol. The van der Waals surface area contributed by atoms with E-state index in [4.69, 9.17) is 9.47 Å². The fourth-order valence-corrected chi connectivity index (χ4v) is 3.67. The first kappa shape index (κ1) is 15.4. The Balaban J connectivity index is 1.33. The summed E-state index contributed by atoms with van der Waals surface area (Å²) in [6, 6.07) is 8.56. The maximum absolute atomic E-state index is 10.1. The van der Waals surface area contributed by atoms with Crippen LogP contribution >= 0.6 is 0 Å². The number of hydrogen-bond donors (Lipinski definition) is 2. The van der Waals surface area contributed by atoms with Gasteiger partial charge in [-0.1, -0.05) is 18.2 Å². The van der Waals surface area contributed by atoms with Crippen molar-refractivity contribution in [1.82, 2.24) is 5.32 Å². The van der Waals surface area contributed by atoms with E-state index in [1.807, 2.05) is 6.07 Å². The summed E-state index contributed by atoms with van der Waals surface area (Å²) in [5, 5.41) is 13.7. The summed E-state index contributed by atoms with van der Waals surface area (Å²) in [5.74, 6) is 1.76. The summed E-state index contributed by atoms with van der Waals surface area (Å²) >= 11 is 0. The average Bonchev–Trinajstić information content (AvgIpc) is 3.35. The van der Waals surface area contributed by atoms with Gasteiger partial charge in [0.25, 0.3) is 0 Å². The van der Waals surface area contributed by atoms with Crippen molar-refractivity contribution in [2.75, 3.05) is 19.8 Å². The molecule has 0 unspecified atom stereocenters. The molecule has 2 fully saturated rings. The molecule has 1 aromatic rings. The summed E-state index contributed by atoms with van der Waals surface area (Å²) in [4.78, 5) is 0. The van der Waals surface area contributed by atoms with Crippen LogP contribution in [-0.4, -0.2) is 36.6 Å². The van der Waals surface area contributed by atoms with Crippen molar-refractivity contribution in [2.45, 2.75) is 56.3 Å². The highest BCUT2D eigenvalue weighted by molar-refractivity contribution is 5.39. The fraction of sp³-hybridized carbons (Fsp3) is 0.684. The molecule has 0 radical (unpaired) electrons. The Morgan fingerprint density at radius 1 is 1.30 bits per heavy atom. The molecule has 0 amide bonds. The lowest BCUT2D eigenvalue weighted by Gasteiger charge is -2.48. The summed E-state index contributed by atoms with van der Waals surface area (Å²) in [5.41, 5.74) is 1.25. The van der Waals surface area contributed by atoms with Crippen LogP contribution in [0.1, 0.15) is 50.1 Å². The van der Waals surface area contributed by atoms with E-state index in [2.05, 4.69) is 23.5 Å². The molecule has 1 spiro atoms. The number of rotatable bonds is 7. The van der Waals surface area contributed by atoms with Gasteiger partial charge in [-0.25, -0.2) is 0 Å². The monoisotopic (exact) mass is 317 g/mol. The van der Waals surface area contributed by atoms with Gasteiger partial charge in [0.05, 0.1) is 12.7 Å². The second kappa shape index (κ2) is 6.42. The third-order valence-corrected chi connectivity index (χ3v) is 5.42. The normalized spacial score (nSPS) is 26.2. The number of nitrogens with one attached hydrogen (secondary N) is 1. The van der Waals surface area contributed by atoms with Crippen LogP contribution < -0.4 is 10.1 Å². The predicted molar refractivity (Wildman–Crippen MR) is 88.6 cm³/mol. The lowest BCUT2D eigenvalue weighted by atomic mass is 9.73. The second-order valence-corrected chi connectivity index (χ2v) is 7.48. The lowest BCUT2D eigenvalue weighted by Crippen LogP contribution is -2.49. The van der Waals surface area contributed by atoms with E-state index in [1.54, 1.807) is 0 Å². The van der Waals surface area contributed by atoms with E-state index < -0.39 is 6.10 Å². The van der Waals surface area contributed by atoms with Crippen LogP contribution in [0.15, 0.2) is 24.3 Å². The number of hydrogen-bond acceptors (Lipinski definition) is 4. The topological polar surface area (TPSA) is 50.7 Å². The van der Waals surface area contributed by atoms with Crippen molar-refractivity contribution in [2.24, 2.45) is 5.92 Å². The van der Waals surface area contributed by atoms with Crippen molar-refractivity contribution in [1.29, 1.82) is 0 Å². The van der Waals surface area contributed by atoms with Gasteiger partial charge in [-0.15, -0.1) is 0 Å². The largest absolute Gasteiger partial charge is 0.487 e. The molecule has 2 N–H and O–H groups in total. The zero-order chi connectivity index (χ0) is 15.7. The molecular formula is C19H27NO3. The van der Waals surface area contributed by atoms with Crippen LogP contribution in [0.5, 0.6) is 5.75 Å². The Hall–Kier alpha value is -1.10. The van der Waals surface area contributed by atoms with Crippen LogP contribution in [0.2, 0.25) is 0 Å². The average molecular weight is 317 g/mol. The van der Waals surface area contributed by atoms with Crippen molar-refractivity contribution in [3.8, 4) is 5.75 Å². The van der Waals surface area contributed by atoms with E-state index in [9.17, 15) is 5.11 Å². The van der Waals surface area contributed by atoms with Crippen LogP contribution in [0.25, 0.3) is 0 Å². The van der Waals surface area contributed by atoms with Gasteiger partial charge in [-0.05, 0) is 44.1 Å². The van der Waals surface area contributed by atoms with E-state index in [-0.39, 0.29) is 11.6 Å². The highest BCUT2D eigenvalue weighted by Gasteiger charge is 2.45. The van der Waals surface area contributed by atoms with E-state index in [0.29, 0.717) is 13.2 Å². The van der Waals surface area contributed by atoms with Crippen LogP contribution in [-0.2, 0) is 4.74 Å². The molecule has 2 saturated carbocycles. The van der Waals surface area contributed by atoms with Crippen molar-refractivity contribution < 1.29 is 14.6 Å². The summed E-state index contributed by atoms with van der Waals surface area (Å²) in [6.45, 7) is 1.81. The number of aliphatic hydroxyl groups is 1. The lowest BCUT2D eigenvalue weighted by molar-refractivity contribution is -0.0391. The zero-order valence-electron chi connectivity index (χ0n) is 13.7. The molecule has 0 saturated heterocycles. The number of aliphatic hydroxyl groups excluding tert-OH is 1. The Morgan fingerprint density at radius 3 is 2.87 bits per heavy atom. The third-order valence-electron chi connectivity index (χ3n) is 5.42. The maximum Gasteiger partial charge on any atom is 0.124 e. The molecule has 1 aromatic carbocycles. The zero-order valence-corrected chi connectivity index (χ0v) is 13.7. The molecule has 0 bridgehead atoms. The quantitative estimate of drug-likeness (QED) is 0.812. The summed E-state index contributed by atoms with van der Waals surface area (Å²) in [7, 11) is 0. The fourth-order valence-electron chi connectivity index (χ4n) is 3.67. The Kier molecular flexibility index (Phi) is 4.31. The van der Waals surface area contributed by atoms with Gasteiger partial charge in [0.2, 0.25) is 0 Å². The van der Waals surface area contributed by atoms with Crippen LogP contribution in [0.4, 0.5) is 0 Å². The van der Waals surface area contributed by atoms with Gasteiger partial charge >= 0.3 is 0 Å². The van der Waals surface area contributed by atoms with Gasteiger partial charge in [0, 0.05) is 31.2 Å². The molecule has 1 heterocycles. The van der Waals surface area contributed by atoms with Crippen molar-refractivity contribution in [3.63, 3.8) is 0 Å². The van der Waals surface area contributed by atoms with Crippen molar-refractivity contribution in [3.05, 3.63) is 29.8 Å². The Bertz CT molecular complexity index is 539. The number of fused-ring (bicyclic) bond motifs is 1. The van der Waals surface area contributed by atoms with Gasteiger partial charge in [0.15, 0.2) is 0 Å². The summed E-state index contributed by atoms with van der Waals surface area (Å²) < 4.78 is 11.9. The second-order valence-electron chi connectivity index (χ2n) is 7.48. The first-order valence-corrected chi connectivity index (χ1v) is 9.01. The minimum Gasteiger partial charge on any atom is -0.487 e. The van der Waals surface area contributed by atoms with E-state index in [1.165, 1.54) is 24.8 Å². The standard InChI is InChI=1S/C19H27NO3/c21-15(13-22-12-14-6-7-14)11-20-17-10-19(8-3-9-19)23-18-5-2-1-4-16(17)18/h1-2,4-5,14-15,17,20-21H,3,6-13H2/t15-,17-/m0/s1. The third kappa shape index (κ3) is 3.54. The molecule has 23 heavy (non-hydrogen) atoms. The number of para-hydroxylation sites is 1. The molecule has 126 valence electrons. The Morgan fingerprint density at radius 2 is 2.13 bits per heavy atom. The smallest absolute Gasteiger partial charge is 0.124 e. The molecule has 4 heteroatoms. The van der Waals surface area contributed by atoms with Crippen LogP contribution in [0, 0.1) is 5.92 Å². The minimum absolute atomic E-state index is 0.0272. The van der Waals surface area contributed by atoms with Gasteiger partial charge in [0.1, 0.15) is 11.4 Å². The highest BCUT2D eigenvalue weighted by atomic mass is 16.5. The molecule has 1 aliphatic heterocycles. The van der Waals surface area contributed by atoms with Crippen LogP contribution in [0.3, 0.4) is 0 Å². The first-order chi connectivity index (χ1) is 11.2. The number of ether oxygens (including phenoxy) is 2. The maximum atomic E-state index is 10.1. The predicted octanol–water partition coefficient (Wildman–Crippen LogP) is 2.81. The molecule has 4 rings (SSSR count). The molecule has 0 aromatic heterocycles. The van der Waals surface area contributed by atoms with E-state index >= 15 is 0 Å². The molecule has 4 nitrogen and oxygen atoms in total. The molecule has 3 aliphatic rings. The van der Waals surface area contributed by atoms with Gasteiger partial charge < -0.3 is 19.9 Å². The summed E-state index contributed by atoms with van der Waals surface area (Å²) in [6.07, 6.45) is 6.68. The Labute approximate surface area is 138 Å². The SMILES string of the molecule is O[C@@H](CN[C@H]1CC2(CCC2)Oc2ccccc21)COCC1CC1. The molecule has 2 aliphatic carbocycles. The minimum atomic E-state index is -0.443. The molecule has 2 atom stereocenters. The highest BCUT2D eigenvalue weighted by Crippen LogP contribution is 2.48. The van der Waals surface area contributed by atoms with E-state index in [0.717, 1.165) is 37.5 Å². The first-order valence-electron chi connectivity index (χ1n) is 9.01.